The number of rotatable bonds is 4. The van der Waals surface area contributed by atoms with Crippen LogP contribution >= 0.6 is 0 Å². The quantitative estimate of drug-likeness (QED) is 0.488. The van der Waals surface area contributed by atoms with E-state index in [0.717, 1.165) is 42.6 Å². The molecule has 0 radical (unpaired) electrons. The first-order valence-electron chi connectivity index (χ1n) is 12.2. The van der Waals surface area contributed by atoms with Crippen molar-refractivity contribution in [2.75, 3.05) is 31.1 Å². The third-order valence-electron chi connectivity index (χ3n) is 6.79. The van der Waals surface area contributed by atoms with Crippen LogP contribution in [0, 0.1) is 13.8 Å². The molecule has 0 aliphatic carbocycles. The highest BCUT2D eigenvalue weighted by atomic mass is 16.1. The van der Waals surface area contributed by atoms with Crippen LogP contribution in [-0.2, 0) is 5.54 Å². The van der Waals surface area contributed by atoms with Gasteiger partial charge in [-0.2, -0.15) is 0 Å². The molecule has 0 saturated carbocycles. The zero-order valence-electron chi connectivity index (χ0n) is 21.1. The molecule has 0 amide bonds. The molecule has 1 atom stereocenters. The van der Waals surface area contributed by atoms with E-state index in [4.69, 9.17) is 0 Å². The molecule has 1 N–H and O–H groups in total. The minimum absolute atomic E-state index is 0.0941. The molecule has 182 valence electrons. The van der Waals surface area contributed by atoms with Gasteiger partial charge in [-0.1, -0.05) is 29.8 Å². The average Bonchev–Trinajstić information content (AvgIpc) is 3.31. The molecule has 1 fully saturated rings. The lowest BCUT2D eigenvalue weighted by atomic mass is 9.99. The number of nitrogens with zero attached hydrogens (tertiary/aromatic N) is 6. The Kier molecular flexibility index (Phi) is 5.92. The summed E-state index contributed by atoms with van der Waals surface area (Å²) < 4.78 is 1.85. The molecule has 0 spiro atoms. The minimum atomic E-state index is -0.351. The van der Waals surface area contributed by atoms with Crippen LogP contribution in [0.1, 0.15) is 49.3 Å². The Labute approximate surface area is 205 Å². The molecule has 1 aliphatic rings. The number of anilines is 1. The minimum Gasteiger partial charge on any atom is -0.369 e. The van der Waals surface area contributed by atoms with Gasteiger partial charge in [0.25, 0.3) is 5.56 Å². The lowest BCUT2D eigenvalue weighted by Crippen LogP contribution is -2.49. The third-order valence-corrected chi connectivity index (χ3v) is 6.79. The first kappa shape index (κ1) is 23.2. The Bertz CT molecular complexity index is 1390. The summed E-state index contributed by atoms with van der Waals surface area (Å²) >= 11 is 0. The van der Waals surface area contributed by atoms with Crippen LogP contribution in [0.15, 0.2) is 53.3 Å². The van der Waals surface area contributed by atoms with Gasteiger partial charge in [0.1, 0.15) is 6.04 Å². The second kappa shape index (κ2) is 8.92. The van der Waals surface area contributed by atoms with Gasteiger partial charge in [0, 0.05) is 37.4 Å². The van der Waals surface area contributed by atoms with Gasteiger partial charge in [0.15, 0.2) is 5.82 Å². The van der Waals surface area contributed by atoms with Gasteiger partial charge in [-0.15, -0.1) is 5.10 Å². The molecule has 1 saturated heterocycles. The molecular formula is C27H33N7O. The summed E-state index contributed by atoms with van der Waals surface area (Å²) in [5, 5.41) is 13.8. The number of aryl methyl sites for hydroxylation is 2. The van der Waals surface area contributed by atoms with E-state index in [1.165, 1.54) is 11.3 Å². The Morgan fingerprint density at radius 1 is 0.971 bits per heavy atom. The summed E-state index contributed by atoms with van der Waals surface area (Å²) in [6.07, 6.45) is 0. The summed E-state index contributed by atoms with van der Waals surface area (Å²) in [6.45, 7) is 13.7. The van der Waals surface area contributed by atoms with E-state index in [2.05, 4.69) is 94.4 Å². The summed E-state index contributed by atoms with van der Waals surface area (Å²) in [5.74, 6) is 0.694. The number of piperazine rings is 1. The van der Waals surface area contributed by atoms with E-state index in [-0.39, 0.29) is 17.1 Å². The number of hydrogen-bond donors (Lipinski definition) is 1. The molecule has 4 aromatic rings. The maximum absolute atomic E-state index is 13.5. The third kappa shape index (κ3) is 4.46. The van der Waals surface area contributed by atoms with Gasteiger partial charge in [-0.05, 0) is 80.3 Å². The van der Waals surface area contributed by atoms with Gasteiger partial charge in [-0.25, -0.2) is 4.68 Å². The van der Waals surface area contributed by atoms with Crippen molar-refractivity contribution in [3.05, 3.63) is 81.4 Å². The van der Waals surface area contributed by atoms with Crippen LogP contribution in [0.5, 0.6) is 0 Å². The highest BCUT2D eigenvalue weighted by molar-refractivity contribution is 5.83. The van der Waals surface area contributed by atoms with Crippen molar-refractivity contribution in [2.24, 2.45) is 0 Å². The largest absolute Gasteiger partial charge is 0.369 e. The van der Waals surface area contributed by atoms with Gasteiger partial charge in [0.05, 0.1) is 11.1 Å². The van der Waals surface area contributed by atoms with Crippen molar-refractivity contribution in [3.63, 3.8) is 0 Å². The Hall–Kier alpha value is -3.52. The van der Waals surface area contributed by atoms with Crippen molar-refractivity contribution >= 4 is 16.6 Å². The van der Waals surface area contributed by atoms with E-state index in [1.807, 2.05) is 23.7 Å². The number of para-hydroxylation sites is 1. The molecule has 2 aromatic carbocycles. The smallest absolute Gasteiger partial charge is 0.253 e. The molecule has 8 nitrogen and oxygen atoms in total. The predicted molar refractivity (Wildman–Crippen MR) is 139 cm³/mol. The molecule has 0 unspecified atom stereocenters. The Morgan fingerprint density at radius 2 is 1.69 bits per heavy atom. The average molecular weight is 472 g/mol. The van der Waals surface area contributed by atoms with Crippen LogP contribution < -0.4 is 10.5 Å². The molecule has 8 heteroatoms. The number of hydrogen-bond acceptors (Lipinski definition) is 6. The molecule has 2 aromatic heterocycles. The number of nitrogens with one attached hydrogen (secondary N) is 1. The number of fused-ring (bicyclic) bond motifs is 1. The number of pyridine rings is 1. The van der Waals surface area contributed by atoms with E-state index >= 15 is 0 Å². The highest BCUT2D eigenvalue weighted by Gasteiger charge is 2.35. The van der Waals surface area contributed by atoms with Crippen LogP contribution in [-0.4, -0.2) is 56.3 Å². The molecule has 3 heterocycles. The number of tetrazole rings is 1. The second-order valence-electron chi connectivity index (χ2n) is 10.5. The lowest BCUT2D eigenvalue weighted by Gasteiger charge is -2.40. The SMILES string of the molecule is Cc1cc(C)c2[nH]c(=O)c([C@@H](c3nnnn3C(C)(C)C)N3CCN(c4ccccc4)CC3)cc2c1. The Morgan fingerprint density at radius 3 is 2.37 bits per heavy atom. The normalized spacial score (nSPS) is 16.1. The summed E-state index contributed by atoms with van der Waals surface area (Å²) in [5.41, 5.74) is 4.60. The maximum atomic E-state index is 13.5. The van der Waals surface area contributed by atoms with Crippen molar-refractivity contribution in [1.29, 1.82) is 0 Å². The summed E-state index contributed by atoms with van der Waals surface area (Å²) in [4.78, 5) is 21.4. The molecule has 1 aliphatic heterocycles. The first-order valence-corrected chi connectivity index (χ1v) is 12.2. The fourth-order valence-electron chi connectivity index (χ4n) is 5.13. The zero-order chi connectivity index (χ0) is 24.7. The van der Waals surface area contributed by atoms with E-state index in [9.17, 15) is 4.79 Å². The van der Waals surface area contributed by atoms with Crippen LogP contribution in [0.2, 0.25) is 0 Å². The topological polar surface area (TPSA) is 82.9 Å². The monoisotopic (exact) mass is 471 g/mol. The highest BCUT2D eigenvalue weighted by Crippen LogP contribution is 2.31. The number of H-pyrrole nitrogens is 1. The van der Waals surface area contributed by atoms with Crippen LogP contribution in [0.3, 0.4) is 0 Å². The maximum Gasteiger partial charge on any atom is 0.253 e. The second-order valence-corrected chi connectivity index (χ2v) is 10.5. The first-order chi connectivity index (χ1) is 16.7. The standard InChI is InChI=1S/C27H33N7O/c1-18-15-19(2)23-20(16-18)17-22(26(35)28-23)24(25-29-30-31-34(25)27(3,4)5)33-13-11-32(12-14-33)21-9-7-6-8-10-21/h6-10,15-17,24H,11-14H2,1-5H3,(H,28,35)/t24-/m0/s1. The number of aromatic nitrogens is 5. The molecule has 35 heavy (non-hydrogen) atoms. The fourth-order valence-corrected chi connectivity index (χ4v) is 5.13. The predicted octanol–water partition coefficient (Wildman–Crippen LogP) is 3.80. The Balaban J connectivity index is 1.59. The van der Waals surface area contributed by atoms with Crippen molar-refractivity contribution in [3.8, 4) is 0 Å². The van der Waals surface area contributed by atoms with Gasteiger partial charge in [-0.3, -0.25) is 9.69 Å². The molecular weight excluding hydrogens is 438 g/mol. The molecule has 0 bridgehead atoms. The number of aromatic amines is 1. The fraction of sp³-hybridized carbons (Fsp3) is 0.407. The van der Waals surface area contributed by atoms with Gasteiger partial charge in [0.2, 0.25) is 0 Å². The number of benzene rings is 2. The van der Waals surface area contributed by atoms with Crippen LogP contribution in [0.25, 0.3) is 10.9 Å². The van der Waals surface area contributed by atoms with Gasteiger partial charge < -0.3 is 9.88 Å². The van der Waals surface area contributed by atoms with Crippen LogP contribution in [0.4, 0.5) is 5.69 Å². The van der Waals surface area contributed by atoms with Crippen molar-refractivity contribution in [1.82, 2.24) is 30.1 Å². The van der Waals surface area contributed by atoms with Crippen molar-refractivity contribution in [2.45, 2.75) is 46.2 Å². The summed E-state index contributed by atoms with van der Waals surface area (Å²) in [7, 11) is 0. The van der Waals surface area contributed by atoms with E-state index in [1.54, 1.807) is 0 Å². The summed E-state index contributed by atoms with van der Waals surface area (Å²) in [6, 6.07) is 16.4. The van der Waals surface area contributed by atoms with Gasteiger partial charge >= 0.3 is 0 Å². The van der Waals surface area contributed by atoms with Crippen molar-refractivity contribution < 1.29 is 0 Å². The van der Waals surface area contributed by atoms with E-state index in [0.29, 0.717) is 11.4 Å². The molecule has 5 rings (SSSR count). The lowest BCUT2D eigenvalue weighted by molar-refractivity contribution is 0.190. The zero-order valence-corrected chi connectivity index (χ0v) is 21.1. The van der Waals surface area contributed by atoms with E-state index < -0.39 is 0 Å².